The summed E-state index contributed by atoms with van der Waals surface area (Å²) in [6.45, 7) is 1.42. The minimum atomic E-state index is -4.40. The van der Waals surface area contributed by atoms with E-state index in [1.165, 1.54) is 18.2 Å². The number of fused-ring (bicyclic) bond motifs is 1. The summed E-state index contributed by atoms with van der Waals surface area (Å²) in [4.78, 5) is 1.95. The lowest BCUT2D eigenvalue weighted by Gasteiger charge is -2.18. The summed E-state index contributed by atoms with van der Waals surface area (Å²) in [6.07, 6.45) is -5.42. The van der Waals surface area contributed by atoms with Crippen molar-refractivity contribution in [1.82, 2.24) is 4.90 Å². The van der Waals surface area contributed by atoms with Crippen molar-refractivity contribution >= 4 is 0 Å². The van der Waals surface area contributed by atoms with Crippen LogP contribution in [-0.2, 0) is 6.18 Å². The first-order valence-electron chi connectivity index (χ1n) is 5.04. The number of alkyl halides is 3. The number of nitrogens with zero attached hydrogens (tertiary/aromatic N) is 1. The zero-order valence-corrected chi connectivity index (χ0v) is 8.33. The Morgan fingerprint density at radius 3 is 2.31 bits per heavy atom. The highest BCUT2D eigenvalue weighted by atomic mass is 19.4. The molecule has 16 heavy (non-hydrogen) atoms. The van der Waals surface area contributed by atoms with E-state index < -0.39 is 17.8 Å². The Hall–Kier alpha value is -1.07. The van der Waals surface area contributed by atoms with E-state index in [4.69, 9.17) is 0 Å². The molecule has 1 aromatic carbocycles. The van der Waals surface area contributed by atoms with E-state index in [1.54, 1.807) is 0 Å². The Kier molecular flexibility index (Phi) is 1.76. The first-order chi connectivity index (χ1) is 7.45. The van der Waals surface area contributed by atoms with Crippen LogP contribution in [-0.4, -0.2) is 28.6 Å². The van der Waals surface area contributed by atoms with Gasteiger partial charge in [0.05, 0.1) is 11.1 Å². The molecular weight excluding hydrogens is 219 g/mol. The predicted molar refractivity (Wildman–Crippen MR) is 50.7 cm³/mol. The number of rotatable bonds is 2. The Labute approximate surface area is 90.3 Å². The first-order valence-corrected chi connectivity index (χ1v) is 5.04. The number of hydrogen-bond acceptors (Lipinski definition) is 2. The van der Waals surface area contributed by atoms with Crippen molar-refractivity contribution < 1.29 is 18.3 Å². The predicted octanol–water partition coefficient (Wildman–Crippen LogP) is 1.81. The summed E-state index contributed by atoms with van der Waals surface area (Å²) >= 11 is 0. The molecule has 3 rings (SSSR count). The van der Waals surface area contributed by atoms with Crippen molar-refractivity contribution in [3.8, 4) is 0 Å². The quantitative estimate of drug-likeness (QED) is 0.782. The lowest BCUT2D eigenvalue weighted by molar-refractivity contribution is -0.139. The second-order valence-corrected chi connectivity index (χ2v) is 4.45. The van der Waals surface area contributed by atoms with Crippen LogP contribution >= 0.6 is 0 Å². The zero-order chi connectivity index (χ0) is 11.6. The molecule has 0 spiro atoms. The van der Waals surface area contributed by atoms with Crippen LogP contribution in [0.25, 0.3) is 0 Å². The van der Waals surface area contributed by atoms with E-state index in [9.17, 15) is 18.3 Å². The lowest BCUT2D eigenvalue weighted by atomic mass is 9.94. The molecule has 1 atom stereocenters. The second kappa shape index (κ2) is 2.78. The van der Waals surface area contributed by atoms with E-state index in [0.29, 0.717) is 13.1 Å². The summed E-state index contributed by atoms with van der Waals surface area (Å²) in [5.74, 6) is 0. The normalized spacial score (nSPS) is 33.1. The van der Waals surface area contributed by atoms with Crippen molar-refractivity contribution in [2.24, 2.45) is 0 Å². The Morgan fingerprint density at radius 2 is 1.81 bits per heavy atom. The van der Waals surface area contributed by atoms with Crippen molar-refractivity contribution in [2.75, 3.05) is 13.1 Å². The van der Waals surface area contributed by atoms with Crippen molar-refractivity contribution in [3.05, 3.63) is 35.4 Å². The third-order valence-corrected chi connectivity index (χ3v) is 3.42. The molecule has 0 bridgehead atoms. The summed E-state index contributed by atoms with van der Waals surface area (Å²) < 4.78 is 38.1. The van der Waals surface area contributed by atoms with E-state index in [-0.39, 0.29) is 11.1 Å². The monoisotopic (exact) mass is 229 g/mol. The van der Waals surface area contributed by atoms with Crippen molar-refractivity contribution in [1.29, 1.82) is 0 Å². The van der Waals surface area contributed by atoms with Gasteiger partial charge in [0, 0.05) is 13.1 Å². The summed E-state index contributed by atoms with van der Waals surface area (Å²) in [5, 5.41) is 9.96. The molecule has 1 unspecified atom stereocenters. The Balaban J connectivity index is 2.00. The number of aliphatic hydroxyl groups is 1. The van der Waals surface area contributed by atoms with E-state index in [0.717, 1.165) is 6.07 Å². The molecule has 1 N–H and O–H groups in total. The maximum atomic E-state index is 12.7. The lowest BCUT2D eigenvalue weighted by Crippen LogP contribution is -2.20. The topological polar surface area (TPSA) is 23.2 Å². The maximum Gasteiger partial charge on any atom is 0.416 e. The van der Waals surface area contributed by atoms with Gasteiger partial charge < -0.3 is 5.11 Å². The smallest absolute Gasteiger partial charge is 0.386 e. The average Bonchev–Trinajstić information content (AvgIpc) is 3.03. The molecule has 0 amide bonds. The fourth-order valence-corrected chi connectivity index (χ4v) is 2.17. The van der Waals surface area contributed by atoms with Crippen LogP contribution in [0.5, 0.6) is 0 Å². The Morgan fingerprint density at radius 1 is 1.25 bits per heavy atom. The van der Waals surface area contributed by atoms with Crippen LogP contribution in [0, 0.1) is 0 Å². The van der Waals surface area contributed by atoms with Gasteiger partial charge in [0.1, 0.15) is 6.10 Å². The molecule has 5 heteroatoms. The van der Waals surface area contributed by atoms with Crippen LogP contribution in [0.1, 0.15) is 17.2 Å². The summed E-state index contributed by atoms with van der Waals surface area (Å²) in [6, 6.07) is 5.25. The molecule has 0 aliphatic carbocycles. The zero-order valence-electron chi connectivity index (χ0n) is 8.33. The van der Waals surface area contributed by atoms with Crippen molar-refractivity contribution in [2.45, 2.75) is 17.8 Å². The van der Waals surface area contributed by atoms with Gasteiger partial charge in [0.2, 0.25) is 0 Å². The van der Waals surface area contributed by atoms with Crippen LogP contribution in [0.2, 0.25) is 0 Å². The van der Waals surface area contributed by atoms with E-state index in [2.05, 4.69) is 0 Å². The number of halogens is 3. The highest BCUT2D eigenvalue weighted by Gasteiger charge is 2.72. The highest BCUT2D eigenvalue weighted by Crippen LogP contribution is 2.57. The van der Waals surface area contributed by atoms with Gasteiger partial charge in [0.15, 0.2) is 0 Å². The van der Waals surface area contributed by atoms with Crippen LogP contribution in [0.4, 0.5) is 13.2 Å². The highest BCUT2D eigenvalue weighted by molar-refractivity contribution is 5.40. The molecule has 1 aromatic rings. The summed E-state index contributed by atoms with van der Waals surface area (Å²) in [5.41, 5.74) is -1.10. The van der Waals surface area contributed by atoms with Crippen LogP contribution < -0.4 is 0 Å². The third-order valence-electron chi connectivity index (χ3n) is 3.42. The molecule has 0 aromatic heterocycles. The fraction of sp³-hybridized carbons (Fsp3) is 0.455. The molecule has 2 fully saturated rings. The van der Waals surface area contributed by atoms with Gasteiger partial charge in [-0.2, -0.15) is 13.2 Å². The maximum absolute atomic E-state index is 12.7. The summed E-state index contributed by atoms with van der Waals surface area (Å²) in [7, 11) is 0. The standard InChI is InChI=1S/C11H10F3NO/c12-11(13,14)8-4-2-1-3-7(8)9(16)10-5-15(10)6-10/h1-4,9,16H,5-6H2. The SMILES string of the molecule is OC(c1ccccc1C(F)(F)F)C12CN1C2. The molecule has 2 heterocycles. The Bertz CT molecular complexity index is 437. The fourth-order valence-electron chi connectivity index (χ4n) is 2.17. The second-order valence-electron chi connectivity index (χ2n) is 4.45. The average molecular weight is 229 g/mol. The van der Waals surface area contributed by atoms with E-state index in [1.807, 2.05) is 4.90 Å². The number of hydrogen-bond donors (Lipinski definition) is 1. The minimum Gasteiger partial charge on any atom is -0.386 e. The molecule has 2 saturated heterocycles. The van der Waals surface area contributed by atoms with Gasteiger partial charge >= 0.3 is 6.18 Å². The molecule has 2 nitrogen and oxygen atoms in total. The molecule has 0 saturated carbocycles. The van der Waals surface area contributed by atoms with Gasteiger partial charge in [-0.05, 0) is 11.6 Å². The molecule has 2 aliphatic rings. The van der Waals surface area contributed by atoms with Gasteiger partial charge in [-0.1, -0.05) is 18.2 Å². The van der Waals surface area contributed by atoms with Gasteiger partial charge in [-0.25, -0.2) is 0 Å². The van der Waals surface area contributed by atoms with Crippen LogP contribution in [0.15, 0.2) is 24.3 Å². The number of benzene rings is 1. The molecule has 0 radical (unpaired) electrons. The largest absolute Gasteiger partial charge is 0.416 e. The van der Waals surface area contributed by atoms with Gasteiger partial charge in [-0.3, -0.25) is 4.90 Å². The molecule has 2 aliphatic heterocycles. The number of aliphatic hydroxyl groups excluding tert-OH is 1. The molecular formula is C11H10F3NO. The van der Waals surface area contributed by atoms with Gasteiger partial charge in [-0.15, -0.1) is 0 Å². The van der Waals surface area contributed by atoms with Crippen molar-refractivity contribution in [3.63, 3.8) is 0 Å². The van der Waals surface area contributed by atoms with Crippen LogP contribution in [0.3, 0.4) is 0 Å². The first kappa shape index (κ1) is 10.1. The van der Waals surface area contributed by atoms with Gasteiger partial charge in [0.25, 0.3) is 0 Å². The van der Waals surface area contributed by atoms with E-state index >= 15 is 0 Å². The third kappa shape index (κ3) is 1.28. The minimum absolute atomic E-state index is 0.00463. The molecule has 86 valence electrons.